The molecule has 0 fully saturated rings. The summed E-state index contributed by atoms with van der Waals surface area (Å²) in [7, 11) is 0. The molecule has 8 heteroatoms. The number of carbonyl (C=O) groups is 2. The van der Waals surface area contributed by atoms with Gasteiger partial charge in [0, 0.05) is 19.4 Å². The maximum Gasteiger partial charge on any atom is 0.242 e. The van der Waals surface area contributed by atoms with Crippen molar-refractivity contribution in [3.05, 3.63) is 65.7 Å². The highest BCUT2D eigenvalue weighted by molar-refractivity contribution is 5.87. The number of nitrogens with one attached hydrogen (secondary N) is 4. The van der Waals surface area contributed by atoms with Gasteiger partial charge in [-0.15, -0.1) is 0 Å². The molecule has 0 aliphatic carbocycles. The van der Waals surface area contributed by atoms with E-state index >= 15 is 0 Å². The van der Waals surface area contributed by atoms with Gasteiger partial charge in [0.05, 0.1) is 0 Å². The van der Waals surface area contributed by atoms with Crippen LogP contribution >= 0.6 is 0 Å². The van der Waals surface area contributed by atoms with Crippen molar-refractivity contribution in [2.45, 2.75) is 64.5 Å². The number of nitrogens with two attached hydrogens (primary N) is 1. The molecule has 2 aromatic rings. The Labute approximate surface area is 228 Å². The zero-order valence-corrected chi connectivity index (χ0v) is 23.0. The predicted octanol–water partition coefficient (Wildman–Crippen LogP) is 2.91. The Morgan fingerprint density at radius 3 is 2.13 bits per heavy atom. The normalized spacial score (nSPS) is 11.6. The van der Waals surface area contributed by atoms with Gasteiger partial charge in [-0.25, -0.2) is 0 Å². The minimum Gasteiger partial charge on any atom is -0.489 e. The predicted molar refractivity (Wildman–Crippen MR) is 154 cm³/mol. The van der Waals surface area contributed by atoms with Crippen LogP contribution < -0.4 is 31.7 Å². The highest BCUT2D eigenvalue weighted by Crippen LogP contribution is 2.15. The summed E-state index contributed by atoms with van der Waals surface area (Å²) in [6.07, 6.45) is 5.66. The summed E-state index contributed by atoms with van der Waals surface area (Å²) in [5, 5.41) is 12.7. The fraction of sp³-hybridized carbons (Fsp3) is 0.533. The topological polar surface area (TPSA) is 118 Å². The van der Waals surface area contributed by atoms with Crippen LogP contribution in [0.5, 0.6) is 5.75 Å². The van der Waals surface area contributed by atoms with E-state index < -0.39 is 6.04 Å². The number of benzene rings is 2. The minimum absolute atomic E-state index is 0.103. The fourth-order valence-corrected chi connectivity index (χ4v) is 3.93. The maximum absolute atomic E-state index is 12.9. The summed E-state index contributed by atoms with van der Waals surface area (Å²) in [6.45, 7) is 7.56. The third-order valence-electron chi connectivity index (χ3n) is 6.08. The van der Waals surface area contributed by atoms with E-state index in [4.69, 9.17) is 10.5 Å². The zero-order valence-electron chi connectivity index (χ0n) is 23.0. The molecular weight excluding hydrogens is 478 g/mol. The quantitative estimate of drug-likeness (QED) is 0.160. The summed E-state index contributed by atoms with van der Waals surface area (Å²) in [4.78, 5) is 25.2. The van der Waals surface area contributed by atoms with Gasteiger partial charge < -0.3 is 31.7 Å². The van der Waals surface area contributed by atoms with Crippen molar-refractivity contribution in [3.63, 3.8) is 0 Å². The SMILES string of the molecule is CCCC(=O)N[C@@H](Cc1ccc(OCc2ccccc2)cc1)C(=O)NCCCNCCCNCCCCN. The van der Waals surface area contributed by atoms with Gasteiger partial charge in [0.1, 0.15) is 18.4 Å². The maximum atomic E-state index is 12.9. The molecule has 1 atom stereocenters. The van der Waals surface area contributed by atoms with Crippen LogP contribution in [0, 0.1) is 0 Å². The van der Waals surface area contributed by atoms with Crippen molar-refractivity contribution in [3.8, 4) is 5.75 Å². The zero-order chi connectivity index (χ0) is 27.3. The number of unbranched alkanes of at least 4 members (excludes halogenated alkanes) is 1. The lowest BCUT2D eigenvalue weighted by molar-refractivity contribution is -0.129. The Bertz CT molecular complexity index is 893. The molecule has 0 saturated carbocycles. The molecule has 0 heterocycles. The molecule has 2 rings (SSSR count). The Morgan fingerprint density at radius 1 is 0.816 bits per heavy atom. The first-order chi connectivity index (χ1) is 18.6. The molecule has 0 aromatic heterocycles. The van der Waals surface area contributed by atoms with Crippen LogP contribution in [0.1, 0.15) is 56.6 Å². The van der Waals surface area contributed by atoms with E-state index in [1.807, 2.05) is 61.5 Å². The number of rotatable bonds is 21. The Balaban J connectivity index is 1.71. The van der Waals surface area contributed by atoms with Gasteiger partial charge in [-0.1, -0.05) is 49.4 Å². The second-order valence-electron chi connectivity index (χ2n) is 9.49. The molecule has 8 nitrogen and oxygen atoms in total. The van der Waals surface area contributed by atoms with Gasteiger partial charge in [0.15, 0.2) is 0 Å². The lowest BCUT2D eigenvalue weighted by Crippen LogP contribution is -2.48. The molecule has 38 heavy (non-hydrogen) atoms. The first kappa shape index (κ1) is 31.3. The van der Waals surface area contributed by atoms with E-state index in [9.17, 15) is 9.59 Å². The van der Waals surface area contributed by atoms with Crippen molar-refractivity contribution in [2.75, 3.05) is 39.3 Å². The van der Waals surface area contributed by atoms with Gasteiger partial charge in [-0.3, -0.25) is 9.59 Å². The van der Waals surface area contributed by atoms with E-state index in [2.05, 4.69) is 21.3 Å². The summed E-state index contributed by atoms with van der Waals surface area (Å²) in [5.41, 5.74) is 7.56. The van der Waals surface area contributed by atoms with Gasteiger partial charge in [-0.05, 0) is 88.1 Å². The van der Waals surface area contributed by atoms with Crippen molar-refractivity contribution in [1.29, 1.82) is 0 Å². The second kappa shape index (κ2) is 20.1. The van der Waals surface area contributed by atoms with Gasteiger partial charge in [0.2, 0.25) is 11.8 Å². The molecule has 6 N–H and O–H groups in total. The number of hydrogen-bond donors (Lipinski definition) is 5. The van der Waals surface area contributed by atoms with E-state index in [1.165, 1.54) is 0 Å². The molecule has 0 unspecified atom stereocenters. The van der Waals surface area contributed by atoms with E-state index in [0.717, 1.165) is 81.7 Å². The number of ether oxygens (including phenoxy) is 1. The standard InChI is InChI=1S/C30H47N5O3/c1-2-10-29(36)35-28(30(37)34-22-9-21-33-20-8-19-32-18-7-6-17-31)23-25-13-15-27(16-14-25)38-24-26-11-4-3-5-12-26/h3-5,11-16,28,32-33H,2,6-10,17-24,31H2,1H3,(H,34,37)(H,35,36)/t28-/m0/s1. The van der Waals surface area contributed by atoms with Crippen LogP contribution in [-0.2, 0) is 22.6 Å². The number of hydrogen-bond acceptors (Lipinski definition) is 6. The van der Waals surface area contributed by atoms with Crippen LogP contribution in [0.3, 0.4) is 0 Å². The molecule has 0 aliphatic rings. The lowest BCUT2D eigenvalue weighted by atomic mass is 10.0. The molecule has 0 radical (unpaired) electrons. The monoisotopic (exact) mass is 525 g/mol. The van der Waals surface area contributed by atoms with E-state index in [1.54, 1.807) is 0 Å². The van der Waals surface area contributed by atoms with Crippen molar-refractivity contribution < 1.29 is 14.3 Å². The first-order valence-corrected chi connectivity index (χ1v) is 14.1. The first-order valence-electron chi connectivity index (χ1n) is 14.1. The molecule has 2 amide bonds. The van der Waals surface area contributed by atoms with Crippen molar-refractivity contribution in [1.82, 2.24) is 21.3 Å². The minimum atomic E-state index is -0.608. The average molecular weight is 526 g/mol. The highest BCUT2D eigenvalue weighted by Gasteiger charge is 2.20. The second-order valence-corrected chi connectivity index (χ2v) is 9.49. The van der Waals surface area contributed by atoms with E-state index in [-0.39, 0.29) is 11.8 Å². The molecule has 0 aliphatic heterocycles. The number of carbonyl (C=O) groups excluding carboxylic acids is 2. The molecule has 210 valence electrons. The van der Waals surface area contributed by atoms with E-state index in [0.29, 0.717) is 26.0 Å². The summed E-state index contributed by atoms with van der Waals surface area (Å²) >= 11 is 0. The summed E-state index contributed by atoms with van der Waals surface area (Å²) < 4.78 is 5.86. The third kappa shape index (κ3) is 14.1. The smallest absolute Gasteiger partial charge is 0.242 e. The highest BCUT2D eigenvalue weighted by atomic mass is 16.5. The van der Waals surface area contributed by atoms with Crippen molar-refractivity contribution >= 4 is 11.8 Å². The third-order valence-corrected chi connectivity index (χ3v) is 6.08. The van der Waals surface area contributed by atoms with Crippen LogP contribution in [0.25, 0.3) is 0 Å². The number of amides is 2. The Kier molecular flexibility index (Phi) is 16.5. The Morgan fingerprint density at radius 2 is 1.47 bits per heavy atom. The summed E-state index contributed by atoms with van der Waals surface area (Å²) in [6, 6.07) is 17.1. The van der Waals surface area contributed by atoms with Crippen LogP contribution in [0.4, 0.5) is 0 Å². The average Bonchev–Trinajstić information content (AvgIpc) is 2.93. The molecule has 0 bridgehead atoms. The largest absolute Gasteiger partial charge is 0.489 e. The van der Waals surface area contributed by atoms with Crippen LogP contribution in [0.2, 0.25) is 0 Å². The van der Waals surface area contributed by atoms with Crippen LogP contribution in [-0.4, -0.2) is 57.1 Å². The van der Waals surface area contributed by atoms with Crippen molar-refractivity contribution in [2.24, 2.45) is 5.73 Å². The molecular formula is C30H47N5O3. The lowest BCUT2D eigenvalue weighted by Gasteiger charge is -2.19. The summed E-state index contributed by atoms with van der Waals surface area (Å²) in [5.74, 6) is 0.512. The molecule has 0 spiro atoms. The van der Waals surface area contributed by atoms with Gasteiger partial charge in [0.25, 0.3) is 0 Å². The van der Waals surface area contributed by atoms with Gasteiger partial charge in [-0.2, -0.15) is 0 Å². The molecule has 0 saturated heterocycles. The molecule has 2 aromatic carbocycles. The van der Waals surface area contributed by atoms with Gasteiger partial charge >= 0.3 is 0 Å². The fourth-order valence-electron chi connectivity index (χ4n) is 3.93. The van der Waals surface area contributed by atoms with Crippen LogP contribution in [0.15, 0.2) is 54.6 Å². The Hall–Kier alpha value is -2.94.